The van der Waals surface area contributed by atoms with Crippen LogP contribution in [0.3, 0.4) is 0 Å². The number of ether oxygens (including phenoxy) is 2. The van der Waals surface area contributed by atoms with Gasteiger partial charge in [0, 0.05) is 6.42 Å². The lowest BCUT2D eigenvalue weighted by molar-refractivity contribution is 0.285. The predicted molar refractivity (Wildman–Crippen MR) is 77.9 cm³/mol. The summed E-state index contributed by atoms with van der Waals surface area (Å²) in [6.07, 6.45) is 0.484. The number of nitrogens with zero attached hydrogens (tertiary/aromatic N) is 1. The minimum atomic E-state index is -0.393. The summed E-state index contributed by atoms with van der Waals surface area (Å²) < 4.78 is 24.0. The Balaban J connectivity index is 1.97. The molecule has 108 valence electrons. The van der Waals surface area contributed by atoms with Crippen molar-refractivity contribution in [2.45, 2.75) is 12.3 Å². The number of halogens is 1. The Labute approximate surface area is 123 Å². The van der Waals surface area contributed by atoms with E-state index in [4.69, 9.17) is 9.47 Å². The van der Waals surface area contributed by atoms with E-state index in [2.05, 4.69) is 6.07 Å². The molecule has 0 spiro atoms. The summed E-state index contributed by atoms with van der Waals surface area (Å²) in [6.45, 7) is 0.356. The van der Waals surface area contributed by atoms with Crippen LogP contribution in [-0.2, 0) is 0 Å². The summed E-state index contributed by atoms with van der Waals surface area (Å²) in [5.74, 6) is 0.557. The number of rotatable bonds is 6. The minimum Gasteiger partial charge on any atom is -0.493 e. The molecule has 0 bridgehead atoms. The molecule has 0 fully saturated rings. The molecule has 2 aromatic carbocycles. The van der Waals surface area contributed by atoms with Gasteiger partial charge in [0.2, 0.25) is 0 Å². The van der Waals surface area contributed by atoms with Gasteiger partial charge in [0.05, 0.1) is 25.7 Å². The molecule has 1 unspecified atom stereocenters. The van der Waals surface area contributed by atoms with Crippen LogP contribution in [0, 0.1) is 17.1 Å². The molecule has 21 heavy (non-hydrogen) atoms. The second-order valence-electron chi connectivity index (χ2n) is 4.52. The zero-order valence-electron chi connectivity index (χ0n) is 11.8. The summed E-state index contributed by atoms with van der Waals surface area (Å²) in [5, 5.41) is 9.22. The standard InChI is InChI=1S/C17H16FNO2/c1-20-16-7-2-3-8-17(16)21-10-9-14(12-19)13-5-4-6-15(18)11-13/h2-8,11,14H,9-10H2,1H3. The van der Waals surface area contributed by atoms with Gasteiger partial charge in [0.1, 0.15) is 5.82 Å². The van der Waals surface area contributed by atoms with Crippen molar-refractivity contribution in [1.82, 2.24) is 0 Å². The van der Waals surface area contributed by atoms with Gasteiger partial charge in [-0.25, -0.2) is 4.39 Å². The Morgan fingerprint density at radius 1 is 1.14 bits per heavy atom. The topological polar surface area (TPSA) is 42.2 Å². The monoisotopic (exact) mass is 285 g/mol. The Bertz CT molecular complexity index is 637. The molecular weight excluding hydrogens is 269 g/mol. The number of hydrogen-bond acceptors (Lipinski definition) is 3. The summed E-state index contributed by atoms with van der Waals surface area (Å²) in [7, 11) is 1.58. The molecule has 2 rings (SSSR count). The van der Waals surface area contributed by atoms with Crippen molar-refractivity contribution in [3.63, 3.8) is 0 Å². The third-order valence-corrected chi connectivity index (χ3v) is 3.14. The van der Waals surface area contributed by atoms with Crippen molar-refractivity contribution in [1.29, 1.82) is 5.26 Å². The molecule has 4 heteroatoms. The van der Waals surface area contributed by atoms with Crippen LogP contribution in [0.1, 0.15) is 17.9 Å². The maximum Gasteiger partial charge on any atom is 0.161 e. The molecule has 0 amide bonds. The third-order valence-electron chi connectivity index (χ3n) is 3.14. The Kier molecular flexibility index (Phi) is 5.16. The summed E-state index contributed by atoms with van der Waals surface area (Å²) in [6, 6.07) is 15.6. The van der Waals surface area contributed by atoms with Gasteiger partial charge in [-0.15, -0.1) is 0 Å². The molecule has 0 aliphatic rings. The van der Waals surface area contributed by atoms with Gasteiger partial charge in [-0.05, 0) is 29.8 Å². The van der Waals surface area contributed by atoms with Crippen molar-refractivity contribution in [2.24, 2.45) is 0 Å². The van der Waals surface area contributed by atoms with Gasteiger partial charge in [0.25, 0.3) is 0 Å². The molecular formula is C17H16FNO2. The van der Waals surface area contributed by atoms with Crippen LogP contribution in [0.5, 0.6) is 11.5 Å². The number of para-hydroxylation sites is 2. The van der Waals surface area contributed by atoms with Crippen LogP contribution >= 0.6 is 0 Å². The van der Waals surface area contributed by atoms with Crippen molar-refractivity contribution in [3.8, 4) is 17.6 Å². The van der Waals surface area contributed by atoms with E-state index in [-0.39, 0.29) is 5.82 Å². The van der Waals surface area contributed by atoms with Gasteiger partial charge < -0.3 is 9.47 Å². The van der Waals surface area contributed by atoms with Crippen LogP contribution < -0.4 is 9.47 Å². The highest BCUT2D eigenvalue weighted by Gasteiger charge is 2.12. The summed E-state index contributed by atoms with van der Waals surface area (Å²) in [4.78, 5) is 0. The smallest absolute Gasteiger partial charge is 0.161 e. The number of hydrogen-bond donors (Lipinski definition) is 0. The van der Waals surface area contributed by atoms with Gasteiger partial charge in [0.15, 0.2) is 11.5 Å². The molecule has 0 aliphatic heterocycles. The maximum absolute atomic E-state index is 13.2. The number of nitriles is 1. The SMILES string of the molecule is COc1ccccc1OCCC(C#N)c1cccc(F)c1. The third kappa shape index (κ3) is 3.96. The fourth-order valence-electron chi connectivity index (χ4n) is 2.05. The van der Waals surface area contributed by atoms with Crippen LogP contribution in [0.25, 0.3) is 0 Å². The van der Waals surface area contributed by atoms with E-state index < -0.39 is 5.92 Å². The van der Waals surface area contributed by atoms with Crippen LogP contribution in [0.4, 0.5) is 4.39 Å². The van der Waals surface area contributed by atoms with Crippen molar-refractivity contribution < 1.29 is 13.9 Å². The van der Waals surface area contributed by atoms with Gasteiger partial charge >= 0.3 is 0 Å². The second-order valence-corrected chi connectivity index (χ2v) is 4.52. The van der Waals surface area contributed by atoms with Gasteiger partial charge in [-0.2, -0.15) is 5.26 Å². The van der Waals surface area contributed by atoms with Gasteiger partial charge in [-0.3, -0.25) is 0 Å². The lowest BCUT2D eigenvalue weighted by Crippen LogP contribution is -2.05. The van der Waals surface area contributed by atoms with E-state index >= 15 is 0 Å². The Hall–Kier alpha value is -2.54. The largest absolute Gasteiger partial charge is 0.493 e. The zero-order valence-corrected chi connectivity index (χ0v) is 11.8. The van der Waals surface area contributed by atoms with E-state index in [1.54, 1.807) is 19.2 Å². The lowest BCUT2D eigenvalue weighted by Gasteiger charge is -2.13. The first-order valence-electron chi connectivity index (χ1n) is 6.65. The first-order chi connectivity index (χ1) is 10.2. The Morgan fingerprint density at radius 3 is 2.57 bits per heavy atom. The van der Waals surface area contributed by atoms with Crippen LogP contribution in [0.2, 0.25) is 0 Å². The van der Waals surface area contributed by atoms with Crippen molar-refractivity contribution in [3.05, 3.63) is 59.9 Å². The van der Waals surface area contributed by atoms with Crippen molar-refractivity contribution in [2.75, 3.05) is 13.7 Å². The molecule has 0 aromatic heterocycles. The highest BCUT2D eigenvalue weighted by atomic mass is 19.1. The first-order valence-corrected chi connectivity index (χ1v) is 6.65. The van der Waals surface area contributed by atoms with Crippen molar-refractivity contribution >= 4 is 0 Å². The molecule has 2 aromatic rings. The van der Waals surface area contributed by atoms with Crippen LogP contribution in [-0.4, -0.2) is 13.7 Å². The molecule has 0 radical (unpaired) electrons. The van der Waals surface area contributed by atoms with Gasteiger partial charge in [-0.1, -0.05) is 24.3 Å². The molecule has 3 nitrogen and oxygen atoms in total. The van der Waals surface area contributed by atoms with E-state index in [0.29, 0.717) is 30.1 Å². The van der Waals surface area contributed by atoms with E-state index in [1.165, 1.54) is 12.1 Å². The number of benzene rings is 2. The fraction of sp³-hybridized carbons (Fsp3) is 0.235. The fourth-order valence-corrected chi connectivity index (χ4v) is 2.05. The molecule has 0 saturated carbocycles. The average molecular weight is 285 g/mol. The molecule has 0 aliphatic carbocycles. The quantitative estimate of drug-likeness (QED) is 0.808. The molecule has 1 atom stereocenters. The first kappa shape index (κ1) is 14.9. The highest BCUT2D eigenvalue weighted by Crippen LogP contribution is 2.27. The normalized spacial score (nSPS) is 11.5. The number of methoxy groups -OCH3 is 1. The molecule has 0 heterocycles. The van der Waals surface area contributed by atoms with E-state index in [9.17, 15) is 9.65 Å². The summed E-state index contributed by atoms with van der Waals surface area (Å²) >= 11 is 0. The highest BCUT2D eigenvalue weighted by molar-refractivity contribution is 5.39. The second kappa shape index (κ2) is 7.30. The zero-order chi connectivity index (χ0) is 15.1. The van der Waals surface area contributed by atoms with Crippen LogP contribution in [0.15, 0.2) is 48.5 Å². The maximum atomic E-state index is 13.2. The van der Waals surface area contributed by atoms with E-state index in [0.717, 1.165) is 0 Å². The predicted octanol–water partition coefficient (Wildman–Crippen LogP) is 3.91. The molecule has 0 N–H and O–H groups in total. The minimum absolute atomic E-state index is 0.335. The molecule has 0 saturated heterocycles. The summed E-state index contributed by atoms with van der Waals surface area (Å²) in [5.41, 5.74) is 0.668. The lowest BCUT2D eigenvalue weighted by atomic mass is 9.98. The average Bonchev–Trinajstić information content (AvgIpc) is 2.52. The Morgan fingerprint density at radius 2 is 1.90 bits per heavy atom. The van der Waals surface area contributed by atoms with E-state index in [1.807, 2.05) is 24.3 Å².